The molecule has 0 saturated carbocycles. The van der Waals surface area contributed by atoms with Gasteiger partial charge in [0.15, 0.2) is 0 Å². The summed E-state index contributed by atoms with van der Waals surface area (Å²) in [6, 6.07) is 18.0. The van der Waals surface area contributed by atoms with Crippen LogP contribution < -0.4 is 11.1 Å². The molecule has 0 spiro atoms. The van der Waals surface area contributed by atoms with Crippen LogP contribution in [0.25, 0.3) is 11.1 Å². The van der Waals surface area contributed by atoms with Gasteiger partial charge in [-0.3, -0.25) is 0 Å². The van der Waals surface area contributed by atoms with Crippen LogP contribution in [0.2, 0.25) is 0 Å². The first-order valence-corrected chi connectivity index (χ1v) is 17.9. The molecule has 166 valence electrons. The quantitative estimate of drug-likeness (QED) is 0.427. The zero-order valence-electron chi connectivity index (χ0n) is 19.3. The summed E-state index contributed by atoms with van der Waals surface area (Å²) in [5.74, 6) is -0.479. The summed E-state index contributed by atoms with van der Waals surface area (Å²) in [5.41, 5.74) is 8.92. The Bertz CT molecular complexity index is 737. The van der Waals surface area contributed by atoms with Crippen LogP contribution in [0.4, 0.5) is 4.79 Å². The maximum atomic E-state index is 12.6. The number of carbonyl (C=O) groups excluding carboxylic acids is 2. The first-order valence-electron chi connectivity index (χ1n) is 10.5. The van der Waals surface area contributed by atoms with E-state index in [0.29, 0.717) is 0 Å². The van der Waals surface area contributed by atoms with Gasteiger partial charge in [0.25, 0.3) is 0 Å². The molecule has 2 amide bonds. The van der Waals surface area contributed by atoms with E-state index in [1.165, 1.54) is 11.1 Å². The van der Waals surface area contributed by atoms with Crippen molar-refractivity contribution in [3.8, 4) is 11.1 Å². The van der Waals surface area contributed by atoms with Gasteiger partial charge < -0.3 is 0 Å². The number of nitrogens with one attached hydrogen (secondary N) is 1. The van der Waals surface area contributed by atoms with E-state index >= 15 is 0 Å². The Morgan fingerprint density at radius 2 is 1.43 bits per heavy atom. The molecule has 0 fully saturated rings. The molecule has 2 rings (SSSR count). The number of nitrogens with two attached hydrogens (primary N) is 1. The van der Waals surface area contributed by atoms with Crippen molar-refractivity contribution in [3.05, 3.63) is 60.2 Å². The van der Waals surface area contributed by atoms with E-state index in [0.717, 1.165) is 9.93 Å². The summed E-state index contributed by atoms with van der Waals surface area (Å²) in [7, 11) is 1.66. The van der Waals surface area contributed by atoms with Gasteiger partial charge in [0.1, 0.15) is 0 Å². The van der Waals surface area contributed by atoms with Crippen molar-refractivity contribution in [2.75, 3.05) is 6.26 Å². The standard InChI is InChI=1S/C13H11.C6H11N2O2.2C2H6.CH4S.Sb/c1-11-7-9-13(10-8-11)12-5-3-2-4-6-12;1-4(2)5(6(7)10)8-3-9;3*1-2;/h2-10H,1H2;4-5H,1-2H3,(H2,7,10)(H,8,9);2*1-2H3;2H,1H3;/q;;;;;+1/p-1. The third kappa shape index (κ3) is 9.57. The Morgan fingerprint density at radius 3 is 1.87 bits per heavy atom. The number of carbonyl (C=O) groups is 2. The molecule has 2 aromatic rings. The normalized spacial score (nSPS) is 11.0. The fraction of sp³-hybridized carbons (Fsp3) is 0.417. The van der Waals surface area contributed by atoms with E-state index in [-0.39, 0.29) is 9.77 Å². The monoisotopic (exact) mass is 538 g/mol. The summed E-state index contributed by atoms with van der Waals surface area (Å²) in [6.45, 7) is 11.8. The van der Waals surface area contributed by atoms with Gasteiger partial charge in [-0.15, -0.1) is 0 Å². The molecule has 0 aliphatic carbocycles. The first-order chi connectivity index (χ1) is 14.4. The van der Waals surface area contributed by atoms with Gasteiger partial charge in [-0.25, -0.2) is 0 Å². The second-order valence-corrected chi connectivity index (χ2v) is 17.0. The van der Waals surface area contributed by atoms with Gasteiger partial charge in [0.05, 0.1) is 0 Å². The summed E-state index contributed by atoms with van der Waals surface area (Å²) < 4.78 is 0.819. The zero-order valence-corrected chi connectivity index (χ0v) is 22.7. The fourth-order valence-corrected chi connectivity index (χ4v) is 9.53. The van der Waals surface area contributed by atoms with E-state index in [1.54, 1.807) is 8.85 Å². The van der Waals surface area contributed by atoms with Gasteiger partial charge in [-0.05, 0) is 0 Å². The van der Waals surface area contributed by atoms with Crippen molar-refractivity contribution in [2.24, 2.45) is 11.7 Å². The number of amides is 2. The molecule has 2 aromatic carbocycles. The summed E-state index contributed by atoms with van der Waals surface area (Å²) >= 11 is -2.29. The van der Waals surface area contributed by atoms with Crippen LogP contribution in [0.15, 0.2) is 54.6 Å². The van der Waals surface area contributed by atoms with Gasteiger partial charge in [0, 0.05) is 0 Å². The van der Waals surface area contributed by atoms with Gasteiger partial charge in [-0.1, -0.05) is 27.7 Å². The SMILES string of the molecule is CC.CC.C[S][Sb]([CH2]c1ccc(-c2ccccc2)cc1)[C](=O)NC(C(N)=O)C(C)C. The molecule has 0 aliphatic rings. The van der Waals surface area contributed by atoms with Crippen molar-refractivity contribution < 1.29 is 9.59 Å². The number of primary amides is 1. The van der Waals surface area contributed by atoms with Crippen molar-refractivity contribution in [1.82, 2.24) is 5.32 Å². The first kappa shape index (κ1) is 28.5. The van der Waals surface area contributed by atoms with Crippen LogP contribution in [0.3, 0.4) is 0 Å². The van der Waals surface area contributed by atoms with E-state index in [4.69, 9.17) is 5.73 Å². The fourth-order valence-electron chi connectivity index (χ4n) is 2.59. The third-order valence-electron chi connectivity index (χ3n) is 4.09. The van der Waals surface area contributed by atoms with E-state index in [1.807, 2.05) is 66.0 Å². The van der Waals surface area contributed by atoms with Crippen LogP contribution in [0.1, 0.15) is 47.1 Å². The second kappa shape index (κ2) is 16.3. The Balaban J connectivity index is 0.00000198. The molecule has 0 heterocycles. The van der Waals surface area contributed by atoms with Crippen LogP contribution in [-0.2, 0) is 9.16 Å². The molecule has 3 N–H and O–H groups in total. The molecule has 0 aliphatic heterocycles. The number of hydrogen-bond donors (Lipinski definition) is 2. The summed E-state index contributed by atoms with van der Waals surface area (Å²) in [6.07, 6.45) is 1.98. The minimum atomic E-state index is -2.29. The van der Waals surface area contributed by atoms with Crippen molar-refractivity contribution in [1.29, 1.82) is 0 Å². The van der Waals surface area contributed by atoms with Crippen molar-refractivity contribution >= 4 is 37.4 Å². The van der Waals surface area contributed by atoms with Crippen LogP contribution in [0, 0.1) is 5.92 Å². The average molecular weight is 539 g/mol. The number of benzene rings is 2. The molecule has 1 unspecified atom stereocenters. The Hall–Kier alpha value is -1.45. The van der Waals surface area contributed by atoms with E-state index in [2.05, 4.69) is 41.7 Å². The molecule has 0 radical (unpaired) electrons. The molecule has 1 atom stereocenters. The predicted molar refractivity (Wildman–Crippen MR) is 134 cm³/mol. The number of hydrogen-bond acceptors (Lipinski definition) is 3. The van der Waals surface area contributed by atoms with Crippen molar-refractivity contribution in [3.63, 3.8) is 0 Å². The molecule has 0 saturated heterocycles. The maximum absolute atomic E-state index is 12.6. The zero-order chi connectivity index (χ0) is 23.1. The topological polar surface area (TPSA) is 72.2 Å². The Kier molecular flexibility index (Phi) is 15.5. The van der Waals surface area contributed by atoms with Crippen LogP contribution >= 0.6 is 8.85 Å². The third-order valence-corrected chi connectivity index (χ3v) is 13.8. The molecule has 6 heteroatoms. The molecular formula is C24H37N2O2SSb. The van der Waals surface area contributed by atoms with E-state index < -0.39 is 30.8 Å². The van der Waals surface area contributed by atoms with Gasteiger partial charge in [-0.2, -0.15) is 0 Å². The Labute approximate surface area is 192 Å². The van der Waals surface area contributed by atoms with Gasteiger partial charge in [0.2, 0.25) is 0 Å². The van der Waals surface area contributed by atoms with Crippen molar-refractivity contribution in [2.45, 2.75) is 52.0 Å². The average Bonchev–Trinajstić information content (AvgIpc) is 2.79. The Morgan fingerprint density at radius 1 is 0.933 bits per heavy atom. The van der Waals surface area contributed by atoms with Gasteiger partial charge >= 0.3 is 166 Å². The van der Waals surface area contributed by atoms with Crippen LogP contribution in [-0.4, -0.2) is 40.9 Å². The van der Waals surface area contributed by atoms with Crippen LogP contribution in [0.5, 0.6) is 0 Å². The summed E-state index contributed by atoms with van der Waals surface area (Å²) in [4.78, 5) is 24.2. The summed E-state index contributed by atoms with van der Waals surface area (Å²) in [5, 5.41) is 2.87. The molecule has 0 aromatic heterocycles. The van der Waals surface area contributed by atoms with E-state index in [9.17, 15) is 9.59 Å². The molecule has 4 nitrogen and oxygen atoms in total. The predicted octanol–water partition coefficient (Wildman–Crippen LogP) is 5.64. The molecular weight excluding hydrogens is 502 g/mol. The number of rotatable bonds is 8. The molecule has 30 heavy (non-hydrogen) atoms. The molecule has 0 bridgehead atoms. The minimum absolute atomic E-state index is 0.00853. The second-order valence-electron chi connectivity index (χ2n) is 6.36.